The summed E-state index contributed by atoms with van der Waals surface area (Å²) in [5.74, 6) is -0.128. The Morgan fingerprint density at radius 1 is 1.15 bits per heavy atom. The lowest BCUT2D eigenvalue weighted by atomic mass is 9.97. The number of benzene rings is 1. The van der Waals surface area contributed by atoms with Gasteiger partial charge in [0.25, 0.3) is 0 Å². The third-order valence-corrected chi connectivity index (χ3v) is 5.68. The maximum absolute atomic E-state index is 12.9. The molecule has 2 aliphatic carbocycles. The summed E-state index contributed by atoms with van der Waals surface area (Å²) in [5, 5.41) is 3.04. The number of nitrogens with one attached hydrogen (secondary N) is 1. The highest BCUT2D eigenvalue weighted by atomic mass is 16.2. The Bertz CT molecular complexity index is 681. The van der Waals surface area contributed by atoms with Crippen molar-refractivity contribution in [1.29, 1.82) is 0 Å². The van der Waals surface area contributed by atoms with E-state index in [9.17, 15) is 9.59 Å². The highest BCUT2D eigenvalue weighted by Gasteiger charge is 2.49. The molecule has 1 saturated carbocycles. The molecule has 0 aliphatic heterocycles. The van der Waals surface area contributed by atoms with Gasteiger partial charge >= 0.3 is 0 Å². The van der Waals surface area contributed by atoms with Crippen molar-refractivity contribution in [1.82, 2.24) is 10.2 Å². The van der Waals surface area contributed by atoms with Crippen LogP contribution in [0.5, 0.6) is 0 Å². The quantitative estimate of drug-likeness (QED) is 0.703. The second-order valence-electron chi connectivity index (χ2n) is 8.14. The Kier molecular flexibility index (Phi) is 6.70. The van der Waals surface area contributed by atoms with E-state index in [2.05, 4.69) is 11.4 Å². The SMILES string of the molecule is CC(C)N(Cc1ccccc1)C(=O)C1CC1C(=O)NCCC1=CCCCC1. The van der Waals surface area contributed by atoms with Crippen LogP contribution >= 0.6 is 0 Å². The molecule has 0 bridgehead atoms. The number of hydrogen-bond acceptors (Lipinski definition) is 2. The molecule has 0 aromatic heterocycles. The van der Waals surface area contributed by atoms with Gasteiger partial charge < -0.3 is 10.2 Å². The van der Waals surface area contributed by atoms with Crippen LogP contribution in [0.25, 0.3) is 0 Å². The summed E-state index contributed by atoms with van der Waals surface area (Å²) < 4.78 is 0. The van der Waals surface area contributed by atoms with Crippen LogP contribution in [0, 0.1) is 11.8 Å². The van der Waals surface area contributed by atoms with Crippen LogP contribution in [0.15, 0.2) is 42.0 Å². The first kappa shape index (κ1) is 19.7. The van der Waals surface area contributed by atoms with Crippen molar-refractivity contribution in [2.75, 3.05) is 6.54 Å². The van der Waals surface area contributed by atoms with E-state index in [1.54, 1.807) is 0 Å². The minimum Gasteiger partial charge on any atom is -0.356 e. The molecule has 1 aromatic rings. The number of rotatable bonds is 8. The molecule has 3 rings (SSSR count). The zero-order chi connectivity index (χ0) is 19.2. The molecular formula is C23H32N2O2. The molecule has 1 N–H and O–H groups in total. The van der Waals surface area contributed by atoms with Gasteiger partial charge in [-0.15, -0.1) is 0 Å². The molecule has 0 saturated heterocycles. The molecule has 2 atom stereocenters. The first-order chi connectivity index (χ1) is 13.1. The summed E-state index contributed by atoms with van der Waals surface area (Å²) in [6, 6.07) is 10.2. The number of hydrogen-bond donors (Lipinski definition) is 1. The smallest absolute Gasteiger partial charge is 0.227 e. The first-order valence-corrected chi connectivity index (χ1v) is 10.4. The summed E-state index contributed by atoms with van der Waals surface area (Å²) in [6.07, 6.45) is 8.86. The van der Waals surface area contributed by atoms with Gasteiger partial charge in [-0.3, -0.25) is 9.59 Å². The van der Waals surface area contributed by atoms with E-state index in [0.717, 1.165) is 12.0 Å². The van der Waals surface area contributed by atoms with Gasteiger partial charge in [0.15, 0.2) is 0 Å². The average Bonchev–Trinajstić information content (AvgIpc) is 3.48. The van der Waals surface area contributed by atoms with Crippen LogP contribution in [0.2, 0.25) is 0 Å². The van der Waals surface area contributed by atoms with E-state index >= 15 is 0 Å². The standard InChI is InChI=1S/C23H32N2O2/c1-17(2)25(16-19-11-7-4-8-12-19)23(27)21-15-20(21)22(26)24-14-13-18-9-5-3-6-10-18/h4,7-9,11-12,17,20-21H,3,5-6,10,13-16H2,1-2H3,(H,24,26). The van der Waals surface area contributed by atoms with Crippen molar-refractivity contribution in [2.24, 2.45) is 11.8 Å². The summed E-state index contributed by atoms with van der Waals surface area (Å²) in [6.45, 7) is 5.38. The molecule has 4 nitrogen and oxygen atoms in total. The summed E-state index contributed by atoms with van der Waals surface area (Å²) in [5.41, 5.74) is 2.60. The van der Waals surface area contributed by atoms with Crippen molar-refractivity contribution in [2.45, 2.75) is 65.0 Å². The predicted octanol–water partition coefficient (Wildman–Crippen LogP) is 4.07. The molecule has 27 heavy (non-hydrogen) atoms. The molecule has 4 heteroatoms. The molecule has 0 heterocycles. The molecular weight excluding hydrogens is 336 g/mol. The van der Waals surface area contributed by atoms with Crippen molar-refractivity contribution in [3.8, 4) is 0 Å². The van der Waals surface area contributed by atoms with Crippen LogP contribution < -0.4 is 5.32 Å². The van der Waals surface area contributed by atoms with Gasteiger partial charge in [0.1, 0.15) is 0 Å². The van der Waals surface area contributed by atoms with Gasteiger partial charge in [0.05, 0.1) is 11.8 Å². The fourth-order valence-corrected chi connectivity index (χ4v) is 3.87. The molecule has 0 radical (unpaired) electrons. The van der Waals surface area contributed by atoms with Crippen LogP contribution in [-0.2, 0) is 16.1 Å². The van der Waals surface area contributed by atoms with Crippen molar-refractivity contribution in [3.63, 3.8) is 0 Å². The molecule has 2 unspecified atom stereocenters. The maximum Gasteiger partial charge on any atom is 0.227 e. The lowest BCUT2D eigenvalue weighted by Crippen LogP contribution is -2.38. The zero-order valence-electron chi connectivity index (χ0n) is 16.6. The van der Waals surface area contributed by atoms with Gasteiger partial charge in [-0.1, -0.05) is 42.0 Å². The predicted molar refractivity (Wildman–Crippen MR) is 108 cm³/mol. The Balaban J connectivity index is 1.47. The molecule has 2 amide bonds. The maximum atomic E-state index is 12.9. The lowest BCUT2D eigenvalue weighted by molar-refractivity contribution is -0.136. The van der Waals surface area contributed by atoms with Crippen LogP contribution in [0.4, 0.5) is 0 Å². The third kappa shape index (κ3) is 5.44. The Labute approximate surface area is 163 Å². The van der Waals surface area contributed by atoms with E-state index in [4.69, 9.17) is 0 Å². The molecule has 2 aliphatic rings. The summed E-state index contributed by atoms with van der Waals surface area (Å²) >= 11 is 0. The summed E-state index contributed by atoms with van der Waals surface area (Å²) in [7, 11) is 0. The Morgan fingerprint density at radius 2 is 1.93 bits per heavy atom. The van der Waals surface area contributed by atoms with E-state index in [1.165, 1.54) is 31.3 Å². The van der Waals surface area contributed by atoms with Gasteiger partial charge in [-0.25, -0.2) is 0 Å². The minimum atomic E-state index is -0.148. The van der Waals surface area contributed by atoms with Crippen LogP contribution in [0.3, 0.4) is 0 Å². The van der Waals surface area contributed by atoms with Gasteiger partial charge in [-0.05, 0) is 57.9 Å². The Hall–Kier alpha value is -2.10. The molecule has 0 spiro atoms. The van der Waals surface area contributed by atoms with E-state index in [1.807, 2.05) is 49.1 Å². The number of nitrogens with zero attached hydrogens (tertiary/aromatic N) is 1. The number of amides is 2. The van der Waals surface area contributed by atoms with Crippen molar-refractivity contribution < 1.29 is 9.59 Å². The minimum absolute atomic E-state index is 0.0492. The first-order valence-electron chi connectivity index (χ1n) is 10.4. The third-order valence-electron chi connectivity index (χ3n) is 5.68. The van der Waals surface area contributed by atoms with E-state index < -0.39 is 0 Å². The monoisotopic (exact) mass is 368 g/mol. The van der Waals surface area contributed by atoms with Gasteiger partial charge in [0.2, 0.25) is 11.8 Å². The fourth-order valence-electron chi connectivity index (χ4n) is 3.87. The number of carbonyl (C=O) groups is 2. The van der Waals surface area contributed by atoms with Crippen molar-refractivity contribution in [3.05, 3.63) is 47.5 Å². The second kappa shape index (κ2) is 9.20. The normalized spacial score (nSPS) is 21.5. The number of allylic oxidation sites excluding steroid dienone is 1. The van der Waals surface area contributed by atoms with Crippen molar-refractivity contribution >= 4 is 11.8 Å². The van der Waals surface area contributed by atoms with E-state index in [0.29, 0.717) is 19.5 Å². The van der Waals surface area contributed by atoms with Crippen LogP contribution in [-0.4, -0.2) is 29.3 Å². The lowest BCUT2D eigenvalue weighted by Gasteiger charge is -2.27. The average molecular weight is 369 g/mol. The van der Waals surface area contributed by atoms with E-state index in [-0.39, 0.29) is 29.7 Å². The molecule has 1 fully saturated rings. The zero-order valence-corrected chi connectivity index (χ0v) is 16.6. The second-order valence-corrected chi connectivity index (χ2v) is 8.14. The Morgan fingerprint density at radius 3 is 2.59 bits per heavy atom. The topological polar surface area (TPSA) is 49.4 Å². The highest BCUT2D eigenvalue weighted by molar-refractivity contribution is 5.92. The van der Waals surface area contributed by atoms with Gasteiger partial charge in [-0.2, -0.15) is 0 Å². The highest BCUT2D eigenvalue weighted by Crippen LogP contribution is 2.40. The molecule has 146 valence electrons. The fraction of sp³-hybridized carbons (Fsp3) is 0.565. The molecule has 1 aromatic carbocycles. The number of carbonyl (C=O) groups excluding carboxylic acids is 2. The summed E-state index contributed by atoms with van der Waals surface area (Å²) in [4.78, 5) is 27.2. The van der Waals surface area contributed by atoms with Crippen LogP contribution in [0.1, 0.15) is 57.9 Å². The van der Waals surface area contributed by atoms with Gasteiger partial charge in [0, 0.05) is 19.1 Å². The largest absolute Gasteiger partial charge is 0.356 e.